The molecule has 0 aromatic heterocycles. The minimum atomic E-state index is -0.121. The van der Waals surface area contributed by atoms with Crippen molar-refractivity contribution < 1.29 is 0 Å². The molecular weight excluding hydrogens is 891 g/mol. The molecule has 1 spiro atoms. The molecule has 0 atom stereocenters. The Bertz CT molecular complexity index is 3790. The van der Waals surface area contributed by atoms with Crippen LogP contribution in [0.3, 0.4) is 0 Å². The van der Waals surface area contributed by atoms with E-state index in [2.05, 4.69) is 255 Å². The van der Waals surface area contributed by atoms with Gasteiger partial charge in [-0.1, -0.05) is 214 Å². The van der Waals surface area contributed by atoms with Gasteiger partial charge in [-0.25, -0.2) is 0 Å². The number of benzene rings is 10. The summed E-state index contributed by atoms with van der Waals surface area (Å²) in [4.78, 5) is 2.58. The third-order valence-electron chi connectivity index (χ3n) is 18.7. The lowest BCUT2D eigenvalue weighted by atomic mass is 9.43. The molecule has 1 heteroatoms. The number of nitrogens with zero attached hydrogens (tertiary/aromatic N) is 1. The maximum Gasteiger partial charge on any atom is 0.0540 e. The Balaban J connectivity index is 0.905. The van der Waals surface area contributed by atoms with Crippen LogP contribution < -0.4 is 4.90 Å². The monoisotopic (exact) mass is 949 g/mol. The van der Waals surface area contributed by atoms with Crippen molar-refractivity contribution in [1.82, 2.24) is 0 Å². The van der Waals surface area contributed by atoms with E-state index in [1.165, 1.54) is 132 Å². The first-order valence-electron chi connectivity index (χ1n) is 27.3. The van der Waals surface area contributed by atoms with Crippen LogP contribution in [0.1, 0.15) is 68.2 Å². The molecule has 6 aliphatic rings. The van der Waals surface area contributed by atoms with E-state index < -0.39 is 0 Å². The van der Waals surface area contributed by atoms with Gasteiger partial charge in [0, 0.05) is 27.8 Å². The summed E-state index contributed by atoms with van der Waals surface area (Å²) in [6.45, 7) is 4.79. The summed E-state index contributed by atoms with van der Waals surface area (Å²) in [7, 11) is 0. The highest BCUT2D eigenvalue weighted by Gasteiger charge is 2.61. The molecular formula is C73H59N. The van der Waals surface area contributed by atoms with Crippen LogP contribution in [0.2, 0.25) is 0 Å². The normalized spacial score (nSPS) is 21.0. The summed E-state index contributed by atoms with van der Waals surface area (Å²) >= 11 is 0. The SMILES string of the molecule is CC1(C)c2ccccc2-c2cccc(-c3ccccc3-c3ccc(N(c4ccc5c(c4)C4(c6ccccc6-5)C5CC6CC(C5)CC4C6)c4ccccc4-c4ccc(-c5ccccc5)c(-c5ccccc5)c4)cc3)c21. The number of fused-ring (bicyclic) bond motifs is 6. The molecule has 0 radical (unpaired) electrons. The molecule has 6 aliphatic carbocycles. The van der Waals surface area contributed by atoms with Crippen molar-refractivity contribution in [3.8, 4) is 77.9 Å². The fourth-order valence-corrected chi connectivity index (χ4v) is 15.9. The Morgan fingerprint density at radius 1 is 0.311 bits per heavy atom. The molecule has 10 aromatic rings. The number of para-hydroxylation sites is 1. The Morgan fingerprint density at radius 2 is 0.770 bits per heavy atom. The summed E-state index contributed by atoms with van der Waals surface area (Å²) in [6.07, 6.45) is 6.89. The molecule has 0 aliphatic heterocycles. The highest BCUT2D eigenvalue weighted by molar-refractivity contribution is 5.96. The molecule has 4 bridgehead atoms. The van der Waals surface area contributed by atoms with Crippen molar-refractivity contribution in [3.05, 3.63) is 259 Å². The fraction of sp³-hybridized carbons (Fsp3) is 0.178. The first kappa shape index (κ1) is 43.6. The van der Waals surface area contributed by atoms with Crippen LogP contribution in [-0.4, -0.2) is 0 Å². The van der Waals surface area contributed by atoms with Gasteiger partial charge in [0.15, 0.2) is 0 Å². The van der Waals surface area contributed by atoms with E-state index in [1.54, 1.807) is 11.1 Å². The van der Waals surface area contributed by atoms with Crippen LogP contribution >= 0.6 is 0 Å². The molecule has 4 saturated carbocycles. The molecule has 0 heterocycles. The lowest BCUT2D eigenvalue weighted by Gasteiger charge is -2.61. The third kappa shape index (κ3) is 6.48. The second-order valence-corrected chi connectivity index (χ2v) is 22.8. The topological polar surface area (TPSA) is 3.24 Å². The highest BCUT2D eigenvalue weighted by Crippen LogP contribution is 2.70. The van der Waals surface area contributed by atoms with Crippen molar-refractivity contribution in [2.75, 3.05) is 4.90 Å². The molecule has 0 saturated heterocycles. The fourth-order valence-electron chi connectivity index (χ4n) is 15.9. The van der Waals surface area contributed by atoms with Crippen molar-refractivity contribution in [2.45, 2.75) is 56.8 Å². The van der Waals surface area contributed by atoms with Crippen molar-refractivity contribution in [2.24, 2.45) is 23.7 Å². The smallest absolute Gasteiger partial charge is 0.0540 e. The molecule has 4 fully saturated rings. The quantitative estimate of drug-likeness (QED) is 0.147. The molecule has 0 N–H and O–H groups in total. The lowest BCUT2D eigenvalue weighted by molar-refractivity contribution is -0.0399. The van der Waals surface area contributed by atoms with Crippen molar-refractivity contribution in [1.29, 1.82) is 0 Å². The minimum absolute atomic E-state index is 0.0551. The van der Waals surface area contributed by atoms with Crippen LogP contribution in [-0.2, 0) is 10.8 Å². The van der Waals surface area contributed by atoms with Gasteiger partial charge in [0.1, 0.15) is 0 Å². The van der Waals surface area contributed by atoms with Crippen LogP contribution in [0.25, 0.3) is 77.9 Å². The van der Waals surface area contributed by atoms with Crippen LogP contribution in [0, 0.1) is 23.7 Å². The lowest BCUT2D eigenvalue weighted by Crippen LogP contribution is -2.55. The van der Waals surface area contributed by atoms with Crippen LogP contribution in [0.4, 0.5) is 17.1 Å². The van der Waals surface area contributed by atoms with Gasteiger partial charge in [0.05, 0.1) is 5.69 Å². The second-order valence-electron chi connectivity index (χ2n) is 22.8. The van der Waals surface area contributed by atoms with Gasteiger partial charge in [-0.2, -0.15) is 0 Å². The number of rotatable bonds is 8. The number of hydrogen-bond donors (Lipinski definition) is 0. The van der Waals surface area contributed by atoms with E-state index in [9.17, 15) is 0 Å². The first-order chi connectivity index (χ1) is 36.4. The number of anilines is 3. The Hall–Kier alpha value is -8.00. The third-order valence-corrected chi connectivity index (χ3v) is 18.7. The summed E-state index contributed by atoms with van der Waals surface area (Å²) in [6, 6.07) is 89.6. The average Bonchev–Trinajstić information content (AvgIpc) is 4.00. The van der Waals surface area contributed by atoms with Gasteiger partial charge in [-0.3, -0.25) is 0 Å². The first-order valence-corrected chi connectivity index (χ1v) is 27.3. The summed E-state index contributed by atoms with van der Waals surface area (Å²) < 4.78 is 0. The predicted octanol–water partition coefficient (Wildman–Crippen LogP) is 19.5. The van der Waals surface area contributed by atoms with Gasteiger partial charge in [-0.05, 0) is 187 Å². The van der Waals surface area contributed by atoms with Crippen molar-refractivity contribution >= 4 is 17.1 Å². The van der Waals surface area contributed by atoms with Crippen molar-refractivity contribution in [3.63, 3.8) is 0 Å². The molecule has 356 valence electrons. The zero-order valence-corrected chi connectivity index (χ0v) is 42.3. The summed E-state index contributed by atoms with van der Waals surface area (Å²) in [5, 5.41) is 0. The van der Waals surface area contributed by atoms with Gasteiger partial charge in [0.25, 0.3) is 0 Å². The zero-order chi connectivity index (χ0) is 49.1. The van der Waals surface area contributed by atoms with Gasteiger partial charge >= 0.3 is 0 Å². The van der Waals surface area contributed by atoms with E-state index in [0.29, 0.717) is 11.8 Å². The maximum absolute atomic E-state index is 2.65. The summed E-state index contributed by atoms with van der Waals surface area (Å²) in [5.41, 5.74) is 27.4. The van der Waals surface area contributed by atoms with Gasteiger partial charge < -0.3 is 4.90 Å². The predicted molar refractivity (Wildman–Crippen MR) is 309 cm³/mol. The van der Waals surface area contributed by atoms with E-state index in [4.69, 9.17) is 0 Å². The molecule has 16 rings (SSSR count). The van der Waals surface area contributed by atoms with Gasteiger partial charge in [0.2, 0.25) is 0 Å². The standard InChI is InChI=1S/C73H59N/c1-72(2)67-29-14-11-26-62(67)65-28-17-27-64(71(65)72)60-24-10-9-22-57(60)51-32-35-55(36-33-51)74(56-37-39-63-61-25-12-15-30-68(61)73(69(63)46-56)53-41-47-40-48(43-53)44-54(73)42-47)70-31-16-13-23-59(70)52-34-38-58(49-18-5-3-6-19-49)66(45-52)50-20-7-4-8-21-50/h3-39,45-48,53-54H,40-44H2,1-2H3. The molecule has 74 heavy (non-hydrogen) atoms. The van der Waals surface area contributed by atoms with Crippen LogP contribution in [0.5, 0.6) is 0 Å². The summed E-state index contributed by atoms with van der Waals surface area (Å²) in [5.74, 6) is 3.13. The maximum atomic E-state index is 2.65. The highest BCUT2D eigenvalue weighted by atomic mass is 15.1. The minimum Gasteiger partial charge on any atom is -0.310 e. The van der Waals surface area contributed by atoms with Crippen LogP contribution in [0.15, 0.2) is 237 Å². The Kier molecular flexibility index (Phi) is 9.87. The van der Waals surface area contributed by atoms with E-state index >= 15 is 0 Å². The van der Waals surface area contributed by atoms with E-state index in [0.717, 1.165) is 17.5 Å². The van der Waals surface area contributed by atoms with E-state index in [-0.39, 0.29) is 10.8 Å². The Labute approximate surface area is 436 Å². The molecule has 10 aromatic carbocycles. The zero-order valence-electron chi connectivity index (χ0n) is 42.3. The molecule has 0 unspecified atom stereocenters. The van der Waals surface area contributed by atoms with Gasteiger partial charge in [-0.15, -0.1) is 0 Å². The molecule has 1 nitrogen and oxygen atoms in total. The van der Waals surface area contributed by atoms with E-state index in [1.807, 2.05) is 0 Å². The number of hydrogen-bond acceptors (Lipinski definition) is 1. The molecule has 0 amide bonds. The Morgan fingerprint density at radius 3 is 1.46 bits per heavy atom. The average molecular weight is 950 g/mol. The second kappa shape index (κ2) is 16.8. The largest absolute Gasteiger partial charge is 0.310 e.